The SMILES string of the molecule is O=C(Nc1ccc(Nc2ccccc2)cc1)c1cccc(NC2=C(Cl)C(=O)N(c3cccc(Cl)c3Cl)C2=O)c1. The van der Waals surface area contributed by atoms with Crippen LogP contribution in [0.4, 0.5) is 28.4 Å². The molecule has 0 spiro atoms. The lowest BCUT2D eigenvalue weighted by atomic mass is 10.1. The molecular formula is C29H19Cl3N4O3. The number of hydrogen-bond acceptors (Lipinski definition) is 5. The van der Waals surface area contributed by atoms with Crippen LogP contribution < -0.4 is 20.9 Å². The minimum Gasteiger partial charge on any atom is -0.356 e. The van der Waals surface area contributed by atoms with E-state index in [0.717, 1.165) is 16.3 Å². The quantitative estimate of drug-likeness (QED) is 0.199. The summed E-state index contributed by atoms with van der Waals surface area (Å²) >= 11 is 18.5. The Labute approximate surface area is 239 Å². The molecule has 4 aromatic rings. The fraction of sp³-hybridized carbons (Fsp3) is 0. The Hall–Kier alpha value is -4.30. The summed E-state index contributed by atoms with van der Waals surface area (Å²) in [5, 5.41) is 8.92. The van der Waals surface area contributed by atoms with Gasteiger partial charge in [-0.25, -0.2) is 4.90 Å². The Bertz CT molecular complexity index is 1620. The summed E-state index contributed by atoms with van der Waals surface area (Å²) in [6.45, 7) is 0. The molecule has 0 bridgehead atoms. The number of halogens is 3. The van der Waals surface area contributed by atoms with Crippen molar-refractivity contribution in [3.05, 3.63) is 123 Å². The molecule has 39 heavy (non-hydrogen) atoms. The van der Waals surface area contributed by atoms with Crippen LogP contribution in [0.3, 0.4) is 0 Å². The predicted molar refractivity (Wildman–Crippen MR) is 156 cm³/mol. The van der Waals surface area contributed by atoms with Crippen molar-refractivity contribution < 1.29 is 14.4 Å². The van der Waals surface area contributed by atoms with Crippen LogP contribution >= 0.6 is 34.8 Å². The van der Waals surface area contributed by atoms with Crippen molar-refractivity contribution >= 4 is 81.0 Å². The standard InChI is InChI=1S/C29H19Cl3N4O3/c30-22-10-5-11-23(24(22)31)36-28(38)25(32)26(29(36)39)34-21-9-4-6-17(16-21)27(37)35-20-14-12-19(13-15-20)33-18-7-2-1-3-8-18/h1-16,33-34H,(H,35,37). The first kappa shape index (κ1) is 26.3. The highest BCUT2D eigenvalue weighted by molar-refractivity contribution is 6.54. The van der Waals surface area contributed by atoms with Crippen LogP contribution in [0.25, 0.3) is 0 Å². The normalized spacial score (nSPS) is 13.1. The molecule has 7 nitrogen and oxygen atoms in total. The van der Waals surface area contributed by atoms with Gasteiger partial charge in [0.15, 0.2) is 0 Å². The Kier molecular flexibility index (Phi) is 7.56. The number of carbonyl (C=O) groups excluding carboxylic acids is 3. The fourth-order valence-electron chi connectivity index (χ4n) is 3.91. The Balaban J connectivity index is 1.28. The predicted octanol–water partition coefficient (Wildman–Crippen LogP) is 7.43. The van der Waals surface area contributed by atoms with E-state index >= 15 is 0 Å². The zero-order chi connectivity index (χ0) is 27.5. The monoisotopic (exact) mass is 576 g/mol. The lowest BCUT2D eigenvalue weighted by Gasteiger charge is -2.17. The first-order chi connectivity index (χ1) is 18.8. The lowest BCUT2D eigenvalue weighted by molar-refractivity contribution is -0.120. The molecule has 0 unspecified atom stereocenters. The second kappa shape index (κ2) is 11.2. The largest absolute Gasteiger partial charge is 0.356 e. The van der Waals surface area contributed by atoms with Crippen molar-refractivity contribution in [2.24, 2.45) is 0 Å². The molecule has 0 saturated carbocycles. The van der Waals surface area contributed by atoms with Gasteiger partial charge in [0.2, 0.25) is 0 Å². The molecular weight excluding hydrogens is 559 g/mol. The number of rotatable bonds is 7. The number of imide groups is 1. The number of carbonyl (C=O) groups is 3. The molecule has 0 atom stereocenters. The maximum atomic E-state index is 13.1. The first-order valence-corrected chi connectivity index (χ1v) is 12.8. The maximum Gasteiger partial charge on any atom is 0.283 e. The highest BCUT2D eigenvalue weighted by Gasteiger charge is 2.40. The molecule has 0 radical (unpaired) electrons. The van der Waals surface area contributed by atoms with E-state index in [4.69, 9.17) is 34.8 Å². The van der Waals surface area contributed by atoms with Crippen LogP contribution in [0.2, 0.25) is 10.0 Å². The molecule has 3 amide bonds. The van der Waals surface area contributed by atoms with E-state index in [1.807, 2.05) is 42.5 Å². The third kappa shape index (κ3) is 5.61. The van der Waals surface area contributed by atoms with Crippen molar-refractivity contribution in [1.82, 2.24) is 0 Å². The van der Waals surface area contributed by atoms with Crippen LogP contribution in [0.1, 0.15) is 10.4 Å². The van der Waals surface area contributed by atoms with Crippen LogP contribution in [0.15, 0.2) is 108 Å². The van der Waals surface area contributed by atoms with Gasteiger partial charge in [0, 0.05) is 28.3 Å². The van der Waals surface area contributed by atoms with E-state index in [9.17, 15) is 14.4 Å². The summed E-state index contributed by atoms with van der Waals surface area (Å²) in [7, 11) is 0. The molecule has 5 rings (SSSR count). The maximum absolute atomic E-state index is 13.1. The third-order valence-electron chi connectivity index (χ3n) is 5.80. The van der Waals surface area contributed by atoms with Crippen LogP contribution in [0.5, 0.6) is 0 Å². The van der Waals surface area contributed by atoms with Gasteiger partial charge in [-0.2, -0.15) is 0 Å². The summed E-state index contributed by atoms with van der Waals surface area (Å²) in [4.78, 5) is 39.7. The molecule has 10 heteroatoms. The molecule has 3 N–H and O–H groups in total. The van der Waals surface area contributed by atoms with Crippen LogP contribution in [-0.2, 0) is 9.59 Å². The highest BCUT2D eigenvalue weighted by Crippen LogP contribution is 2.37. The third-order valence-corrected chi connectivity index (χ3v) is 6.96. The number of benzene rings is 4. The minimum atomic E-state index is -0.743. The van der Waals surface area contributed by atoms with E-state index < -0.39 is 11.8 Å². The van der Waals surface area contributed by atoms with Gasteiger partial charge < -0.3 is 16.0 Å². The average Bonchev–Trinajstić information content (AvgIpc) is 3.15. The molecule has 4 aromatic carbocycles. The number of hydrogen-bond donors (Lipinski definition) is 3. The van der Waals surface area contributed by atoms with Gasteiger partial charge in [0.05, 0.1) is 15.7 Å². The van der Waals surface area contributed by atoms with Crippen molar-refractivity contribution in [3.8, 4) is 0 Å². The Morgan fingerprint density at radius 2 is 1.28 bits per heavy atom. The van der Waals surface area contributed by atoms with Gasteiger partial charge in [-0.3, -0.25) is 14.4 Å². The summed E-state index contributed by atoms with van der Waals surface area (Å²) in [5.41, 5.74) is 3.12. The minimum absolute atomic E-state index is 0.0501. The summed E-state index contributed by atoms with van der Waals surface area (Å²) in [5.74, 6) is -1.80. The van der Waals surface area contributed by atoms with E-state index in [2.05, 4.69) is 16.0 Å². The molecule has 1 aliphatic rings. The topological polar surface area (TPSA) is 90.5 Å². The number of amides is 3. The van der Waals surface area contributed by atoms with E-state index in [-0.39, 0.29) is 32.4 Å². The van der Waals surface area contributed by atoms with Gasteiger partial charge >= 0.3 is 0 Å². The molecule has 0 aromatic heterocycles. The van der Waals surface area contributed by atoms with Crippen molar-refractivity contribution in [2.75, 3.05) is 20.9 Å². The van der Waals surface area contributed by atoms with Gasteiger partial charge in [-0.15, -0.1) is 0 Å². The average molecular weight is 578 g/mol. The molecule has 0 saturated heterocycles. The summed E-state index contributed by atoms with van der Waals surface area (Å²) < 4.78 is 0. The van der Waals surface area contributed by atoms with Gasteiger partial charge in [0.1, 0.15) is 10.7 Å². The molecule has 1 heterocycles. The number of para-hydroxylation sites is 1. The van der Waals surface area contributed by atoms with Crippen molar-refractivity contribution in [3.63, 3.8) is 0 Å². The highest BCUT2D eigenvalue weighted by atomic mass is 35.5. The molecule has 194 valence electrons. The molecule has 0 aliphatic carbocycles. The van der Waals surface area contributed by atoms with Gasteiger partial charge in [-0.05, 0) is 66.7 Å². The number of nitrogens with zero attached hydrogens (tertiary/aromatic N) is 1. The molecule has 0 fully saturated rings. The fourth-order valence-corrected chi connectivity index (χ4v) is 4.50. The number of nitrogens with one attached hydrogen (secondary N) is 3. The number of anilines is 5. The molecule has 1 aliphatic heterocycles. The van der Waals surface area contributed by atoms with E-state index in [0.29, 0.717) is 16.9 Å². The van der Waals surface area contributed by atoms with Crippen LogP contribution in [0, 0.1) is 0 Å². The van der Waals surface area contributed by atoms with Crippen molar-refractivity contribution in [2.45, 2.75) is 0 Å². The smallest absolute Gasteiger partial charge is 0.283 e. The zero-order valence-electron chi connectivity index (χ0n) is 20.0. The second-order valence-corrected chi connectivity index (χ2v) is 9.60. The second-order valence-electron chi connectivity index (χ2n) is 8.44. The van der Waals surface area contributed by atoms with Gasteiger partial charge in [-0.1, -0.05) is 65.1 Å². The summed E-state index contributed by atoms with van der Waals surface area (Å²) in [6, 6.07) is 28.1. The Morgan fingerprint density at radius 3 is 2.03 bits per heavy atom. The van der Waals surface area contributed by atoms with E-state index in [1.54, 1.807) is 48.5 Å². The zero-order valence-corrected chi connectivity index (χ0v) is 22.3. The summed E-state index contributed by atoms with van der Waals surface area (Å²) in [6.07, 6.45) is 0. The van der Waals surface area contributed by atoms with Gasteiger partial charge in [0.25, 0.3) is 17.7 Å². The lowest BCUT2D eigenvalue weighted by Crippen LogP contribution is -2.32. The Morgan fingerprint density at radius 1 is 0.641 bits per heavy atom. The van der Waals surface area contributed by atoms with E-state index in [1.165, 1.54) is 6.07 Å². The van der Waals surface area contributed by atoms with Crippen molar-refractivity contribution in [1.29, 1.82) is 0 Å². The first-order valence-electron chi connectivity index (χ1n) is 11.6. The van der Waals surface area contributed by atoms with Crippen LogP contribution in [-0.4, -0.2) is 17.7 Å².